The van der Waals surface area contributed by atoms with Gasteiger partial charge >= 0.3 is 16.1 Å². The summed E-state index contributed by atoms with van der Waals surface area (Å²) >= 11 is 0. The minimum atomic E-state index is -3.59. The number of rotatable bonds is 12. The molecule has 194 valence electrons. The van der Waals surface area contributed by atoms with Gasteiger partial charge in [-0.2, -0.15) is 8.42 Å². The third kappa shape index (κ3) is 7.86. The fourth-order valence-corrected chi connectivity index (χ4v) is 4.35. The van der Waals surface area contributed by atoms with Crippen molar-refractivity contribution in [3.05, 3.63) is 82.8 Å². The van der Waals surface area contributed by atoms with Gasteiger partial charge in [-0.3, -0.25) is 4.90 Å². The van der Waals surface area contributed by atoms with Gasteiger partial charge in [0.25, 0.3) is 0 Å². The molecule has 0 aliphatic heterocycles. The smallest absolute Gasteiger partial charge is 0.347 e. The Morgan fingerprint density at radius 1 is 1.03 bits per heavy atom. The number of aliphatic carboxylic acids is 1. The third-order valence-electron chi connectivity index (χ3n) is 5.62. The van der Waals surface area contributed by atoms with Crippen LogP contribution in [0.4, 0.5) is 0 Å². The van der Waals surface area contributed by atoms with Crippen LogP contribution >= 0.6 is 0 Å². The summed E-state index contributed by atoms with van der Waals surface area (Å²) in [4.78, 5) is 13.7. The minimum absolute atomic E-state index is 0.290. The summed E-state index contributed by atoms with van der Waals surface area (Å²) in [5.74, 6) is 0.673. The number of ether oxygens (including phenoxy) is 1. The Morgan fingerprint density at radius 3 is 2.31 bits per heavy atom. The number of nitrogens with zero attached hydrogens (tertiary/aromatic N) is 1. The summed E-state index contributed by atoms with van der Waals surface area (Å²) < 4.78 is 39.4. The molecule has 0 amide bonds. The second-order valence-corrected chi connectivity index (χ2v) is 11.0. The van der Waals surface area contributed by atoms with Crippen LogP contribution in [-0.2, 0) is 34.4 Å². The highest BCUT2D eigenvalue weighted by molar-refractivity contribution is 7.86. The lowest BCUT2D eigenvalue weighted by atomic mass is 10.0. The van der Waals surface area contributed by atoms with Crippen molar-refractivity contribution in [2.75, 3.05) is 12.8 Å². The van der Waals surface area contributed by atoms with E-state index in [9.17, 15) is 18.3 Å². The molecule has 0 unspecified atom stereocenters. The summed E-state index contributed by atoms with van der Waals surface area (Å²) in [5, 5.41) is 9.43. The van der Waals surface area contributed by atoms with Gasteiger partial charge in [0.05, 0.1) is 19.1 Å². The van der Waals surface area contributed by atoms with Crippen LogP contribution < -0.4 is 8.92 Å². The molecule has 0 aliphatic rings. The van der Waals surface area contributed by atoms with Crippen LogP contribution in [0.3, 0.4) is 0 Å². The number of carboxylic acids is 1. The van der Waals surface area contributed by atoms with E-state index in [1.807, 2.05) is 44.2 Å². The molecule has 0 bridgehead atoms. The molecule has 1 heterocycles. The van der Waals surface area contributed by atoms with Gasteiger partial charge in [-0.15, -0.1) is 0 Å². The molecular formula is C27H33NO7S. The van der Waals surface area contributed by atoms with Crippen molar-refractivity contribution in [1.82, 2.24) is 4.90 Å². The van der Waals surface area contributed by atoms with Crippen molar-refractivity contribution < 1.29 is 31.7 Å². The lowest BCUT2D eigenvalue weighted by molar-refractivity contribution is -0.152. The van der Waals surface area contributed by atoms with E-state index in [-0.39, 0.29) is 0 Å². The average Bonchev–Trinajstić information content (AvgIpc) is 3.27. The fraction of sp³-hybridized carbons (Fsp3) is 0.370. The number of benzene rings is 2. The van der Waals surface area contributed by atoms with E-state index in [0.717, 1.165) is 34.3 Å². The first-order chi connectivity index (χ1) is 16.8. The van der Waals surface area contributed by atoms with E-state index < -0.39 is 21.7 Å². The van der Waals surface area contributed by atoms with E-state index in [0.29, 0.717) is 37.6 Å². The Labute approximate surface area is 212 Å². The Bertz CT molecular complexity index is 1270. The van der Waals surface area contributed by atoms with Crippen LogP contribution in [0.15, 0.2) is 59.2 Å². The second-order valence-electron chi connectivity index (χ2n) is 9.45. The molecule has 3 aromatic rings. The lowest BCUT2D eigenvalue weighted by Crippen LogP contribution is -2.38. The number of aryl methyl sites for hydroxylation is 2. The highest BCUT2D eigenvalue weighted by Gasteiger charge is 2.30. The Morgan fingerprint density at radius 2 is 1.72 bits per heavy atom. The zero-order valence-corrected chi connectivity index (χ0v) is 22.1. The molecule has 0 aliphatic carbocycles. The van der Waals surface area contributed by atoms with E-state index in [2.05, 4.69) is 4.90 Å². The molecule has 0 fully saturated rings. The Balaban J connectivity index is 1.78. The van der Waals surface area contributed by atoms with Crippen molar-refractivity contribution in [3.8, 4) is 11.5 Å². The molecule has 3 rings (SSSR count). The Kier molecular flexibility index (Phi) is 8.47. The second kappa shape index (κ2) is 11.2. The summed E-state index contributed by atoms with van der Waals surface area (Å²) in [6.45, 7) is 8.79. The number of furan rings is 1. The highest BCUT2D eigenvalue weighted by atomic mass is 32.2. The van der Waals surface area contributed by atoms with Crippen molar-refractivity contribution >= 4 is 16.1 Å². The SMILES string of the molecule is Cc1cc(CN(CCc2cccc(OS(C)(=O)=O)c2)Cc2ccco2)cc(C)c1OC(C)(C)C(=O)O. The van der Waals surface area contributed by atoms with Crippen LogP contribution in [-0.4, -0.2) is 42.8 Å². The normalized spacial score (nSPS) is 12.1. The number of carboxylic acid groups (broad SMARTS) is 1. The topological polar surface area (TPSA) is 106 Å². The zero-order valence-electron chi connectivity index (χ0n) is 21.3. The summed E-state index contributed by atoms with van der Waals surface area (Å²) in [7, 11) is -3.59. The predicted octanol–water partition coefficient (Wildman–Crippen LogP) is 4.72. The van der Waals surface area contributed by atoms with Gasteiger partial charge in [-0.1, -0.05) is 24.3 Å². The summed E-state index contributed by atoms with van der Waals surface area (Å²) in [6, 6.07) is 14.9. The van der Waals surface area contributed by atoms with Gasteiger partial charge in [0.15, 0.2) is 5.60 Å². The zero-order chi connectivity index (χ0) is 26.5. The maximum atomic E-state index is 11.5. The largest absolute Gasteiger partial charge is 0.478 e. The molecule has 0 radical (unpaired) electrons. The molecule has 0 saturated heterocycles. The summed E-state index contributed by atoms with van der Waals surface area (Å²) in [5.41, 5.74) is 2.40. The maximum absolute atomic E-state index is 11.5. The molecule has 36 heavy (non-hydrogen) atoms. The molecule has 1 aromatic heterocycles. The molecule has 0 atom stereocenters. The first kappa shape index (κ1) is 27.3. The van der Waals surface area contributed by atoms with Gasteiger partial charge < -0.3 is 18.4 Å². The van der Waals surface area contributed by atoms with Crippen molar-refractivity contribution in [2.45, 2.75) is 52.8 Å². The molecule has 8 nitrogen and oxygen atoms in total. The van der Waals surface area contributed by atoms with Crippen molar-refractivity contribution in [3.63, 3.8) is 0 Å². The third-order valence-corrected chi connectivity index (χ3v) is 6.12. The number of carbonyl (C=O) groups is 1. The predicted molar refractivity (Wildman–Crippen MR) is 137 cm³/mol. The molecule has 0 saturated carbocycles. The fourth-order valence-electron chi connectivity index (χ4n) is 3.90. The number of hydrogen-bond acceptors (Lipinski definition) is 7. The van der Waals surface area contributed by atoms with E-state index >= 15 is 0 Å². The van der Waals surface area contributed by atoms with Crippen LogP contribution in [0.1, 0.15) is 41.9 Å². The van der Waals surface area contributed by atoms with E-state index in [1.165, 1.54) is 13.8 Å². The van der Waals surface area contributed by atoms with Crippen LogP contribution in [0.25, 0.3) is 0 Å². The van der Waals surface area contributed by atoms with Gasteiger partial charge in [-0.25, -0.2) is 4.79 Å². The van der Waals surface area contributed by atoms with Crippen LogP contribution in [0, 0.1) is 13.8 Å². The molecule has 2 aromatic carbocycles. The van der Waals surface area contributed by atoms with E-state index in [4.69, 9.17) is 13.3 Å². The number of hydrogen-bond donors (Lipinski definition) is 1. The van der Waals surface area contributed by atoms with Gasteiger partial charge in [-0.05, 0) is 80.6 Å². The quantitative estimate of drug-likeness (QED) is 0.345. The molecule has 1 N–H and O–H groups in total. The van der Waals surface area contributed by atoms with Crippen molar-refractivity contribution in [2.24, 2.45) is 0 Å². The first-order valence-electron chi connectivity index (χ1n) is 11.6. The van der Waals surface area contributed by atoms with E-state index in [1.54, 1.807) is 24.5 Å². The molecule has 0 spiro atoms. The summed E-state index contributed by atoms with van der Waals surface area (Å²) in [6.07, 6.45) is 3.34. The lowest BCUT2D eigenvalue weighted by Gasteiger charge is -2.26. The van der Waals surface area contributed by atoms with Gasteiger partial charge in [0.1, 0.15) is 17.3 Å². The highest BCUT2D eigenvalue weighted by Crippen LogP contribution is 2.29. The molecule has 9 heteroatoms. The van der Waals surface area contributed by atoms with Crippen molar-refractivity contribution in [1.29, 1.82) is 0 Å². The monoisotopic (exact) mass is 515 g/mol. The van der Waals surface area contributed by atoms with Crippen LogP contribution in [0.2, 0.25) is 0 Å². The maximum Gasteiger partial charge on any atom is 0.347 e. The molecular weight excluding hydrogens is 482 g/mol. The Hall–Kier alpha value is -3.30. The van der Waals surface area contributed by atoms with Gasteiger partial charge in [0.2, 0.25) is 0 Å². The first-order valence-corrected chi connectivity index (χ1v) is 13.4. The minimum Gasteiger partial charge on any atom is -0.478 e. The standard InChI is InChI=1S/C27H33NO7S/c1-19-14-22(15-20(2)25(19)34-27(3,4)26(29)30)17-28(18-24-10-7-13-33-24)12-11-21-8-6-9-23(16-21)35-36(5,31)32/h6-10,13-16H,11-12,17-18H2,1-5H3,(H,29,30). The average molecular weight is 516 g/mol. The van der Waals surface area contributed by atoms with Crippen LogP contribution in [0.5, 0.6) is 11.5 Å². The van der Waals surface area contributed by atoms with Gasteiger partial charge in [0, 0.05) is 13.1 Å².